The van der Waals surface area contributed by atoms with Crippen molar-refractivity contribution in [2.75, 3.05) is 6.61 Å². The summed E-state index contributed by atoms with van der Waals surface area (Å²) in [7, 11) is 0. The summed E-state index contributed by atoms with van der Waals surface area (Å²) >= 11 is 6.03. The van der Waals surface area contributed by atoms with Crippen LogP contribution in [0.25, 0.3) is 0 Å². The number of aromatic nitrogens is 2. The molecule has 3 N–H and O–H groups in total. The molecular formula is C21H21ClN4O2. The second-order valence-corrected chi connectivity index (χ2v) is 6.68. The Bertz CT molecular complexity index is 980. The third-order valence-corrected chi connectivity index (χ3v) is 4.26. The third kappa shape index (κ3) is 4.98. The largest absolute Gasteiger partial charge is 0.494 e. The maximum Gasteiger partial charge on any atom is 0.254 e. The highest BCUT2D eigenvalue weighted by molar-refractivity contribution is 6.30. The molecule has 0 spiro atoms. The maximum atomic E-state index is 12.0. The smallest absolute Gasteiger partial charge is 0.254 e. The van der Waals surface area contributed by atoms with Crippen molar-refractivity contribution in [1.29, 1.82) is 0 Å². The van der Waals surface area contributed by atoms with Crippen LogP contribution < -0.4 is 10.5 Å². The standard InChI is InChI=1S/C21H21ClN4O2/c1-2-10-28-17-8-6-14(7-9-17)13-24-21-19(20(23)27)18(25-26-21)12-15-4-3-5-16(22)11-15/h3-9,11,13H,2,10,12H2,1H3,(H2,23,27)(H,25,26). The number of carbonyl (C=O) groups is 1. The van der Waals surface area contributed by atoms with Crippen LogP contribution in [0.4, 0.5) is 5.82 Å². The van der Waals surface area contributed by atoms with E-state index in [0.29, 0.717) is 23.7 Å². The Labute approximate surface area is 168 Å². The van der Waals surface area contributed by atoms with Crippen molar-refractivity contribution in [2.45, 2.75) is 19.8 Å². The average Bonchev–Trinajstić information content (AvgIpc) is 3.08. The Hall–Kier alpha value is -3.12. The molecule has 0 aliphatic carbocycles. The van der Waals surface area contributed by atoms with Crippen LogP contribution in [0.15, 0.2) is 53.5 Å². The number of amides is 1. The van der Waals surface area contributed by atoms with Crippen LogP contribution in [0.1, 0.15) is 40.5 Å². The molecule has 0 radical (unpaired) electrons. The zero-order valence-corrected chi connectivity index (χ0v) is 16.2. The fraction of sp³-hybridized carbons (Fsp3) is 0.190. The van der Waals surface area contributed by atoms with Crippen molar-refractivity contribution >= 4 is 29.5 Å². The van der Waals surface area contributed by atoms with E-state index in [9.17, 15) is 4.79 Å². The Balaban J connectivity index is 1.79. The lowest BCUT2D eigenvalue weighted by Crippen LogP contribution is -2.13. The molecule has 0 unspecified atom stereocenters. The summed E-state index contributed by atoms with van der Waals surface area (Å²) in [6.07, 6.45) is 3.04. The van der Waals surface area contributed by atoms with E-state index in [1.54, 1.807) is 12.3 Å². The minimum Gasteiger partial charge on any atom is -0.494 e. The molecular weight excluding hydrogens is 376 g/mol. The fourth-order valence-corrected chi connectivity index (χ4v) is 2.92. The van der Waals surface area contributed by atoms with E-state index in [2.05, 4.69) is 22.1 Å². The molecule has 0 saturated heterocycles. The SMILES string of the molecule is CCCOc1ccc(C=Nc2n[nH]c(Cc3cccc(Cl)c3)c2C(N)=O)cc1. The number of aliphatic imine (C=N–C) groups is 1. The molecule has 0 fully saturated rings. The Morgan fingerprint density at radius 1 is 1.29 bits per heavy atom. The van der Waals surface area contributed by atoms with Crippen molar-refractivity contribution in [3.05, 3.63) is 75.9 Å². The van der Waals surface area contributed by atoms with Crippen LogP contribution in [0.5, 0.6) is 5.75 Å². The van der Waals surface area contributed by atoms with Crippen LogP contribution in [-0.2, 0) is 6.42 Å². The summed E-state index contributed by atoms with van der Waals surface area (Å²) in [5.74, 6) is 0.484. The van der Waals surface area contributed by atoms with Gasteiger partial charge in [-0.15, -0.1) is 0 Å². The van der Waals surface area contributed by atoms with Crippen molar-refractivity contribution < 1.29 is 9.53 Å². The normalized spacial score (nSPS) is 11.1. The molecule has 6 nitrogen and oxygen atoms in total. The number of hydrogen-bond acceptors (Lipinski definition) is 4. The molecule has 2 aromatic carbocycles. The lowest BCUT2D eigenvalue weighted by molar-refractivity contribution is 0.100. The maximum absolute atomic E-state index is 12.0. The molecule has 0 atom stereocenters. The van der Waals surface area contributed by atoms with E-state index in [4.69, 9.17) is 22.1 Å². The van der Waals surface area contributed by atoms with Gasteiger partial charge in [0.1, 0.15) is 11.3 Å². The highest BCUT2D eigenvalue weighted by Crippen LogP contribution is 2.23. The van der Waals surface area contributed by atoms with Crippen LogP contribution in [0, 0.1) is 0 Å². The number of nitrogens with zero attached hydrogens (tertiary/aromatic N) is 2. The van der Waals surface area contributed by atoms with Crippen LogP contribution in [0.2, 0.25) is 5.02 Å². The minimum atomic E-state index is -0.582. The summed E-state index contributed by atoms with van der Waals surface area (Å²) in [4.78, 5) is 16.3. The van der Waals surface area contributed by atoms with Gasteiger partial charge in [0, 0.05) is 17.7 Å². The Morgan fingerprint density at radius 3 is 2.75 bits per heavy atom. The van der Waals surface area contributed by atoms with Gasteiger partial charge in [-0.2, -0.15) is 5.10 Å². The number of halogens is 1. The summed E-state index contributed by atoms with van der Waals surface area (Å²) in [6, 6.07) is 14.9. The number of carbonyl (C=O) groups excluding carboxylic acids is 1. The van der Waals surface area contributed by atoms with Gasteiger partial charge in [0.2, 0.25) is 0 Å². The number of aromatic amines is 1. The van der Waals surface area contributed by atoms with Gasteiger partial charge in [-0.3, -0.25) is 9.89 Å². The molecule has 144 valence electrons. The molecule has 0 aliphatic rings. The summed E-state index contributed by atoms with van der Waals surface area (Å²) in [5, 5.41) is 7.64. The highest BCUT2D eigenvalue weighted by atomic mass is 35.5. The van der Waals surface area contributed by atoms with E-state index >= 15 is 0 Å². The molecule has 1 aromatic heterocycles. The first-order valence-electron chi connectivity index (χ1n) is 8.95. The Kier molecular flexibility index (Phi) is 6.45. The van der Waals surface area contributed by atoms with E-state index < -0.39 is 5.91 Å². The van der Waals surface area contributed by atoms with Crippen LogP contribution in [0.3, 0.4) is 0 Å². The zero-order valence-electron chi connectivity index (χ0n) is 15.5. The molecule has 0 saturated carbocycles. The summed E-state index contributed by atoms with van der Waals surface area (Å²) < 4.78 is 5.56. The average molecular weight is 397 g/mol. The molecule has 3 aromatic rings. The van der Waals surface area contributed by atoms with Gasteiger partial charge < -0.3 is 10.5 Å². The molecule has 0 bridgehead atoms. The van der Waals surface area contributed by atoms with Gasteiger partial charge in [-0.1, -0.05) is 30.7 Å². The minimum absolute atomic E-state index is 0.260. The lowest BCUT2D eigenvalue weighted by atomic mass is 10.1. The topological polar surface area (TPSA) is 93.4 Å². The van der Waals surface area contributed by atoms with Crippen molar-refractivity contribution in [2.24, 2.45) is 10.7 Å². The molecule has 7 heteroatoms. The number of rotatable bonds is 8. The first kappa shape index (κ1) is 19.6. The first-order valence-corrected chi connectivity index (χ1v) is 9.33. The molecule has 1 amide bonds. The van der Waals surface area contributed by atoms with Gasteiger partial charge in [0.25, 0.3) is 5.91 Å². The lowest BCUT2D eigenvalue weighted by Gasteiger charge is -2.04. The van der Waals surface area contributed by atoms with Gasteiger partial charge in [0.15, 0.2) is 5.82 Å². The quantitative estimate of drug-likeness (QED) is 0.556. The van der Waals surface area contributed by atoms with Crippen molar-refractivity contribution in [3.8, 4) is 5.75 Å². The number of benzene rings is 2. The van der Waals surface area contributed by atoms with Crippen molar-refractivity contribution in [3.63, 3.8) is 0 Å². The van der Waals surface area contributed by atoms with Gasteiger partial charge in [-0.25, -0.2) is 4.99 Å². The summed E-state index contributed by atoms with van der Waals surface area (Å²) in [6.45, 7) is 2.74. The van der Waals surface area contributed by atoms with Gasteiger partial charge in [-0.05, 0) is 53.9 Å². The summed E-state index contributed by atoms with van der Waals surface area (Å²) in [5.41, 5.74) is 8.24. The molecule has 3 rings (SSSR count). The number of H-pyrrole nitrogens is 1. The van der Waals surface area contributed by atoms with E-state index in [1.807, 2.05) is 42.5 Å². The zero-order chi connectivity index (χ0) is 19.9. The monoisotopic (exact) mass is 396 g/mol. The van der Waals surface area contributed by atoms with E-state index in [0.717, 1.165) is 23.3 Å². The van der Waals surface area contributed by atoms with Crippen LogP contribution in [-0.4, -0.2) is 28.9 Å². The van der Waals surface area contributed by atoms with Gasteiger partial charge in [0.05, 0.1) is 12.3 Å². The number of ether oxygens (including phenoxy) is 1. The number of nitrogens with one attached hydrogen (secondary N) is 1. The number of primary amides is 1. The van der Waals surface area contributed by atoms with Crippen LogP contribution >= 0.6 is 11.6 Å². The van der Waals surface area contributed by atoms with Crippen molar-refractivity contribution in [1.82, 2.24) is 10.2 Å². The predicted molar refractivity (Wildman–Crippen MR) is 111 cm³/mol. The second kappa shape index (κ2) is 9.19. The van der Waals surface area contributed by atoms with Gasteiger partial charge >= 0.3 is 0 Å². The predicted octanol–water partition coefficient (Wildman–Crippen LogP) is 4.29. The first-order chi connectivity index (χ1) is 13.6. The molecule has 1 heterocycles. The fourth-order valence-electron chi connectivity index (χ4n) is 2.70. The number of hydrogen-bond donors (Lipinski definition) is 2. The Morgan fingerprint density at radius 2 is 2.07 bits per heavy atom. The van der Waals surface area contributed by atoms with E-state index in [1.165, 1.54) is 0 Å². The highest BCUT2D eigenvalue weighted by Gasteiger charge is 2.18. The van der Waals surface area contributed by atoms with E-state index in [-0.39, 0.29) is 11.4 Å². The third-order valence-electron chi connectivity index (χ3n) is 4.03. The molecule has 28 heavy (non-hydrogen) atoms. The molecule has 0 aliphatic heterocycles. The second-order valence-electron chi connectivity index (χ2n) is 6.25. The number of nitrogens with two attached hydrogens (primary N) is 1.